The number of hydrogen-bond acceptors (Lipinski definition) is 4. The van der Waals surface area contributed by atoms with Crippen LogP contribution in [0.2, 0.25) is 0 Å². The highest BCUT2D eigenvalue weighted by molar-refractivity contribution is 4.87. The third kappa shape index (κ3) is 2.25. The zero-order valence-electron chi connectivity index (χ0n) is 8.56. The fourth-order valence-electron chi connectivity index (χ4n) is 2.51. The molecule has 0 radical (unpaired) electrons. The Bertz CT molecular complexity index is 189. The Morgan fingerprint density at radius 1 is 1.43 bits per heavy atom. The van der Waals surface area contributed by atoms with Gasteiger partial charge in [0, 0.05) is 25.2 Å². The number of morpholine rings is 1. The number of nitrogens with zero attached hydrogens (tertiary/aromatic N) is 1. The molecule has 1 heterocycles. The summed E-state index contributed by atoms with van der Waals surface area (Å²) in [6, 6.07) is 1.01. The van der Waals surface area contributed by atoms with E-state index in [2.05, 4.69) is 4.90 Å². The molecule has 0 bridgehead atoms. The van der Waals surface area contributed by atoms with Gasteiger partial charge in [0.2, 0.25) is 0 Å². The minimum Gasteiger partial charge on any atom is -0.394 e. The number of nitrogens with two attached hydrogens (primary N) is 1. The second-order valence-corrected chi connectivity index (χ2v) is 4.40. The summed E-state index contributed by atoms with van der Waals surface area (Å²) >= 11 is 0. The SMILES string of the molecule is NC1CCC(N2CCOC(CO)C2)C1. The predicted molar refractivity (Wildman–Crippen MR) is 54.0 cm³/mol. The van der Waals surface area contributed by atoms with Crippen LogP contribution in [0.25, 0.3) is 0 Å². The molecule has 2 fully saturated rings. The topological polar surface area (TPSA) is 58.7 Å². The molecule has 1 aliphatic carbocycles. The molecule has 2 aliphatic rings. The number of hydrogen-bond donors (Lipinski definition) is 2. The van der Waals surface area contributed by atoms with Gasteiger partial charge in [-0.3, -0.25) is 4.90 Å². The molecule has 1 aliphatic heterocycles. The lowest BCUT2D eigenvalue weighted by Gasteiger charge is -2.36. The molecule has 0 aromatic rings. The zero-order valence-corrected chi connectivity index (χ0v) is 8.56. The van der Waals surface area contributed by atoms with Crippen molar-refractivity contribution in [2.45, 2.75) is 37.5 Å². The number of ether oxygens (including phenoxy) is 1. The van der Waals surface area contributed by atoms with Crippen LogP contribution in [0.15, 0.2) is 0 Å². The molecule has 3 unspecified atom stereocenters. The fourth-order valence-corrected chi connectivity index (χ4v) is 2.51. The molecule has 0 aromatic carbocycles. The van der Waals surface area contributed by atoms with Crippen molar-refractivity contribution in [2.75, 3.05) is 26.3 Å². The Morgan fingerprint density at radius 2 is 2.29 bits per heavy atom. The lowest BCUT2D eigenvalue weighted by molar-refractivity contribution is -0.0640. The quantitative estimate of drug-likeness (QED) is 0.634. The van der Waals surface area contributed by atoms with Crippen LogP contribution < -0.4 is 5.73 Å². The molecule has 0 aromatic heterocycles. The van der Waals surface area contributed by atoms with Gasteiger partial charge in [-0.05, 0) is 19.3 Å². The van der Waals surface area contributed by atoms with Gasteiger partial charge in [0.15, 0.2) is 0 Å². The molecule has 0 amide bonds. The maximum absolute atomic E-state index is 9.03. The summed E-state index contributed by atoms with van der Waals surface area (Å²) < 4.78 is 5.42. The molecule has 4 heteroatoms. The van der Waals surface area contributed by atoms with E-state index in [0.717, 1.165) is 32.5 Å². The number of aliphatic hydroxyl groups is 1. The summed E-state index contributed by atoms with van der Waals surface area (Å²) in [7, 11) is 0. The second kappa shape index (κ2) is 4.57. The normalized spacial score (nSPS) is 40.3. The fraction of sp³-hybridized carbons (Fsp3) is 1.00. The molecule has 2 rings (SSSR count). The summed E-state index contributed by atoms with van der Waals surface area (Å²) in [5.74, 6) is 0. The Labute approximate surface area is 85.0 Å². The molecular formula is C10H20N2O2. The number of rotatable bonds is 2. The molecule has 82 valence electrons. The lowest BCUT2D eigenvalue weighted by Crippen LogP contribution is -2.48. The Morgan fingerprint density at radius 3 is 2.93 bits per heavy atom. The largest absolute Gasteiger partial charge is 0.394 e. The minimum absolute atomic E-state index is 0.0144. The maximum Gasteiger partial charge on any atom is 0.0932 e. The van der Waals surface area contributed by atoms with Gasteiger partial charge in [-0.2, -0.15) is 0 Å². The first-order chi connectivity index (χ1) is 6.79. The van der Waals surface area contributed by atoms with E-state index in [9.17, 15) is 0 Å². The maximum atomic E-state index is 9.03. The summed E-state index contributed by atoms with van der Waals surface area (Å²) in [5.41, 5.74) is 5.89. The summed E-state index contributed by atoms with van der Waals surface area (Å²) in [6.45, 7) is 2.74. The Kier molecular flexibility index (Phi) is 3.38. The van der Waals surface area contributed by atoms with Crippen molar-refractivity contribution in [3.63, 3.8) is 0 Å². The van der Waals surface area contributed by atoms with E-state index in [0.29, 0.717) is 12.1 Å². The van der Waals surface area contributed by atoms with E-state index in [-0.39, 0.29) is 12.7 Å². The minimum atomic E-state index is 0.0144. The van der Waals surface area contributed by atoms with Gasteiger partial charge in [0.05, 0.1) is 19.3 Å². The van der Waals surface area contributed by atoms with Crippen molar-refractivity contribution in [1.29, 1.82) is 0 Å². The molecule has 4 nitrogen and oxygen atoms in total. The van der Waals surface area contributed by atoms with Crippen molar-refractivity contribution >= 4 is 0 Å². The average molecular weight is 200 g/mol. The molecule has 14 heavy (non-hydrogen) atoms. The third-order valence-corrected chi connectivity index (χ3v) is 3.34. The van der Waals surface area contributed by atoms with Crippen LogP contribution in [0, 0.1) is 0 Å². The summed E-state index contributed by atoms with van der Waals surface area (Å²) in [6.07, 6.45) is 3.48. The van der Waals surface area contributed by atoms with Crippen LogP contribution >= 0.6 is 0 Å². The van der Waals surface area contributed by atoms with E-state index in [1.165, 1.54) is 6.42 Å². The van der Waals surface area contributed by atoms with Gasteiger partial charge < -0.3 is 15.6 Å². The van der Waals surface area contributed by atoms with E-state index >= 15 is 0 Å². The van der Waals surface area contributed by atoms with E-state index in [4.69, 9.17) is 15.6 Å². The van der Waals surface area contributed by atoms with Crippen LogP contribution in [0.5, 0.6) is 0 Å². The molecule has 1 saturated carbocycles. The monoisotopic (exact) mass is 200 g/mol. The van der Waals surface area contributed by atoms with E-state index < -0.39 is 0 Å². The molecular weight excluding hydrogens is 180 g/mol. The Balaban J connectivity index is 1.84. The van der Waals surface area contributed by atoms with E-state index in [1.54, 1.807) is 0 Å². The lowest BCUT2D eigenvalue weighted by atomic mass is 10.1. The van der Waals surface area contributed by atoms with E-state index in [1.807, 2.05) is 0 Å². The molecule has 3 N–H and O–H groups in total. The highest BCUT2D eigenvalue weighted by Crippen LogP contribution is 2.24. The molecule has 0 spiro atoms. The first kappa shape index (κ1) is 10.4. The van der Waals surface area contributed by atoms with Gasteiger partial charge in [-0.15, -0.1) is 0 Å². The number of aliphatic hydroxyl groups excluding tert-OH is 1. The van der Waals surface area contributed by atoms with Crippen molar-refractivity contribution in [1.82, 2.24) is 4.90 Å². The van der Waals surface area contributed by atoms with Gasteiger partial charge >= 0.3 is 0 Å². The van der Waals surface area contributed by atoms with Gasteiger partial charge in [-0.1, -0.05) is 0 Å². The molecule has 1 saturated heterocycles. The Hall–Kier alpha value is -0.160. The second-order valence-electron chi connectivity index (χ2n) is 4.40. The predicted octanol–water partition coefficient (Wildman–Crippen LogP) is -0.441. The van der Waals surface area contributed by atoms with Crippen LogP contribution in [0.1, 0.15) is 19.3 Å². The molecule has 3 atom stereocenters. The summed E-state index contributed by atoms with van der Waals surface area (Å²) in [5, 5.41) is 9.03. The van der Waals surface area contributed by atoms with Crippen LogP contribution in [-0.2, 0) is 4.74 Å². The first-order valence-corrected chi connectivity index (χ1v) is 5.51. The summed E-state index contributed by atoms with van der Waals surface area (Å²) in [4.78, 5) is 2.43. The standard InChI is InChI=1S/C10H20N2O2/c11-8-1-2-9(5-8)12-3-4-14-10(6-12)7-13/h8-10,13H,1-7,11H2. The first-order valence-electron chi connectivity index (χ1n) is 5.51. The highest BCUT2D eigenvalue weighted by atomic mass is 16.5. The van der Waals surface area contributed by atoms with Crippen LogP contribution in [-0.4, -0.2) is 54.5 Å². The van der Waals surface area contributed by atoms with Gasteiger partial charge in [-0.25, -0.2) is 0 Å². The van der Waals surface area contributed by atoms with Crippen molar-refractivity contribution < 1.29 is 9.84 Å². The zero-order chi connectivity index (χ0) is 9.97. The van der Waals surface area contributed by atoms with Crippen LogP contribution in [0.3, 0.4) is 0 Å². The van der Waals surface area contributed by atoms with Crippen molar-refractivity contribution in [2.24, 2.45) is 5.73 Å². The van der Waals surface area contributed by atoms with Crippen molar-refractivity contribution in [3.8, 4) is 0 Å². The van der Waals surface area contributed by atoms with Gasteiger partial charge in [0.25, 0.3) is 0 Å². The average Bonchev–Trinajstić information content (AvgIpc) is 2.65. The smallest absolute Gasteiger partial charge is 0.0932 e. The van der Waals surface area contributed by atoms with Gasteiger partial charge in [0.1, 0.15) is 0 Å². The third-order valence-electron chi connectivity index (χ3n) is 3.34. The van der Waals surface area contributed by atoms with Crippen molar-refractivity contribution in [3.05, 3.63) is 0 Å². The highest BCUT2D eigenvalue weighted by Gasteiger charge is 2.30. The van der Waals surface area contributed by atoms with Crippen LogP contribution in [0.4, 0.5) is 0 Å².